The normalized spacial score (nSPS) is 10.8. The first-order valence-corrected chi connectivity index (χ1v) is 7.60. The molecule has 2 rings (SSSR count). The fourth-order valence-electron chi connectivity index (χ4n) is 1.76. The number of esters is 1. The molecule has 1 aromatic heterocycles. The molecule has 0 radical (unpaired) electrons. The van der Waals surface area contributed by atoms with Gasteiger partial charge in [0, 0.05) is 21.0 Å². The van der Waals surface area contributed by atoms with Gasteiger partial charge in [-0.15, -0.1) is 11.3 Å². The Bertz CT molecular complexity index is 655. The molecule has 3 nitrogen and oxygen atoms in total. The minimum atomic E-state index is -0.534. The van der Waals surface area contributed by atoms with E-state index in [1.165, 1.54) is 17.4 Å². The molecule has 0 aliphatic heterocycles. The maximum absolute atomic E-state index is 14.0. The predicted octanol–water partition coefficient (Wildman–Crippen LogP) is 4.46. The molecule has 106 valence electrons. The third-order valence-electron chi connectivity index (χ3n) is 2.58. The Kier molecular flexibility index (Phi) is 4.45. The minimum absolute atomic E-state index is 0.223. The number of hydrogen-bond donors (Lipinski definition) is 1. The molecule has 0 unspecified atom stereocenters. The second-order valence-corrected chi connectivity index (χ2v) is 6.29. The number of nitrogens with two attached hydrogens (primary N) is 1. The van der Waals surface area contributed by atoms with Crippen molar-refractivity contribution in [3.63, 3.8) is 0 Å². The van der Waals surface area contributed by atoms with E-state index in [-0.39, 0.29) is 11.7 Å². The molecular weight excluding hydrogens is 345 g/mol. The summed E-state index contributed by atoms with van der Waals surface area (Å²) < 4.78 is 19.8. The molecular formula is C14H13BrFNO2S. The van der Waals surface area contributed by atoms with E-state index >= 15 is 0 Å². The van der Waals surface area contributed by atoms with E-state index < -0.39 is 11.8 Å². The monoisotopic (exact) mass is 357 g/mol. The summed E-state index contributed by atoms with van der Waals surface area (Å²) in [5, 5.41) is 1.99. The summed E-state index contributed by atoms with van der Waals surface area (Å²) in [7, 11) is 0. The van der Waals surface area contributed by atoms with Crippen LogP contribution in [0.3, 0.4) is 0 Å². The second-order valence-electron chi connectivity index (χ2n) is 4.47. The van der Waals surface area contributed by atoms with Gasteiger partial charge in [-0.3, -0.25) is 0 Å². The van der Waals surface area contributed by atoms with Gasteiger partial charge in [0.1, 0.15) is 16.4 Å². The van der Waals surface area contributed by atoms with Crippen molar-refractivity contribution < 1.29 is 13.9 Å². The highest BCUT2D eigenvalue weighted by Crippen LogP contribution is 2.36. The number of halogens is 2. The lowest BCUT2D eigenvalue weighted by Crippen LogP contribution is -2.13. The van der Waals surface area contributed by atoms with E-state index in [1.807, 2.05) is 0 Å². The van der Waals surface area contributed by atoms with Crippen LogP contribution in [-0.4, -0.2) is 12.1 Å². The number of ether oxygens (including phenoxy) is 1. The second kappa shape index (κ2) is 5.93. The van der Waals surface area contributed by atoms with Gasteiger partial charge in [-0.1, -0.05) is 15.9 Å². The summed E-state index contributed by atoms with van der Waals surface area (Å²) in [5.41, 5.74) is 6.83. The van der Waals surface area contributed by atoms with Gasteiger partial charge in [-0.05, 0) is 32.0 Å². The van der Waals surface area contributed by atoms with Crippen LogP contribution in [0.2, 0.25) is 0 Å². The van der Waals surface area contributed by atoms with Crippen LogP contribution in [0.1, 0.15) is 24.2 Å². The van der Waals surface area contributed by atoms with E-state index in [0.29, 0.717) is 16.1 Å². The molecule has 0 amide bonds. The molecule has 0 atom stereocenters. The lowest BCUT2D eigenvalue weighted by molar-refractivity contribution is 0.0380. The number of rotatable bonds is 3. The molecule has 2 N–H and O–H groups in total. The van der Waals surface area contributed by atoms with Crippen molar-refractivity contribution in [3.05, 3.63) is 39.4 Å². The number of nitrogen functional groups attached to an aromatic ring is 1. The van der Waals surface area contributed by atoms with Gasteiger partial charge in [0.2, 0.25) is 0 Å². The van der Waals surface area contributed by atoms with Gasteiger partial charge in [-0.25, -0.2) is 9.18 Å². The van der Waals surface area contributed by atoms with Crippen LogP contribution in [0.4, 0.5) is 9.39 Å². The van der Waals surface area contributed by atoms with Crippen molar-refractivity contribution in [1.82, 2.24) is 0 Å². The van der Waals surface area contributed by atoms with Crippen LogP contribution in [-0.2, 0) is 4.74 Å². The Morgan fingerprint density at radius 3 is 2.75 bits per heavy atom. The third kappa shape index (κ3) is 3.02. The first-order valence-electron chi connectivity index (χ1n) is 5.93. The smallest absolute Gasteiger partial charge is 0.342 e. The van der Waals surface area contributed by atoms with E-state index in [0.717, 1.165) is 4.47 Å². The van der Waals surface area contributed by atoms with Crippen LogP contribution in [0, 0.1) is 5.82 Å². The third-order valence-corrected chi connectivity index (χ3v) is 3.89. The molecule has 0 fully saturated rings. The van der Waals surface area contributed by atoms with Crippen molar-refractivity contribution in [1.29, 1.82) is 0 Å². The fraction of sp³-hybridized carbons (Fsp3) is 0.214. The fourth-order valence-corrected chi connectivity index (χ4v) is 2.92. The molecule has 1 aromatic carbocycles. The average Bonchev–Trinajstić information content (AvgIpc) is 2.73. The molecule has 0 aliphatic carbocycles. The van der Waals surface area contributed by atoms with E-state index in [1.54, 1.807) is 31.4 Å². The molecule has 0 saturated heterocycles. The first kappa shape index (κ1) is 15.0. The molecule has 20 heavy (non-hydrogen) atoms. The number of carbonyl (C=O) groups excluding carboxylic acids is 1. The van der Waals surface area contributed by atoms with Gasteiger partial charge in [0.05, 0.1) is 6.10 Å². The zero-order chi connectivity index (χ0) is 14.9. The Balaban J connectivity index is 2.53. The van der Waals surface area contributed by atoms with E-state index in [9.17, 15) is 9.18 Å². The summed E-state index contributed by atoms with van der Waals surface area (Å²) in [6.07, 6.45) is -0.262. The van der Waals surface area contributed by atoms with Crippen LogP contribution in [0.15, 0.2) is 28.1 Å². The lowest BCUT2D eigenvalue weighted by Gasteiger charge is -2.10. The zero-order valence-electron chi connectivity index (χ0n) is 10.9. The topological polar surface area (TPSA) is 52.3 Å². The quantitative estimate of drug-likeness (QED) is 0.824. The number of benzene rings is 1. The van der Waals surface area contributed by atoms with Gasteiger partial charge in [0.15, 0.2) is 0 Å². The Hall–Kier alpha value is -1.40. The SMILES string of the molecule is CC(C)OC(=O)c1c(-c2cc(Br)ccc2F)csc1N. The van der Waals surface area contributed by atoms with Crippen molar-refractivity contribution >= 4 is 38.2 Å². The highest BCUT2D eigenvalue weighted by atomic mass is 79.9. The maximum Gasteiger partial charge on any atom is 0.342 e. The minimum Gasteiger partial charge on any atom is -0.459 e. The highest BCUT2D eigenvalue weighted by Gasteiger charge is 2.22. The number of hydrogen-bond acceptors (Lipinski definition) is 4. The van der Waals surface area contributed by atoms with Crippen LogP contribution >= 0.6 is 27.3 Å². The van der Waals surface area contributed by atoms with Gasteiger partial charge in [-0.2, -0.15) is 0 Å². The standard InChI is InChI=1S/C14H13BrFNO2S/c1-7(2)19-14(18)12-10(6-20-13(12)17)9-5-8(15)3-4-11(9)16/h3-7H,17H2,1-2H3. The summed E-state index contributed by atoms with van der Waals surface area (Å²) >= 11 is 4.48. The summed E-state index contributed by atoms with van der Waals surface area (Å²) in [4.78, 5) is 12.1. The predicted molar refractivity (Wildman–Crippen MR) is 82.4 cm³/mol. The largest absolute Gasteiger partial charge is 0.459 e. The molecule has 6 heteroatoms. The molecule has 1 heterocycles. The molecule has 0 saturated carbocycles. The number of carbonyl (C=O) groups is 1. The van der Waals surface area contributed by atoms with Crippen molar-refractivity contribution in [2.75, 3.05) is 5.73 Å². The van der Waals surface area contributed by atoms with Crippen LogP contribution < -0.4 is 5.73 Å². The van der Waals surface area contributed by atoms with E-state index in [2.05, 4.69) is 15.9 Å². The number of thiophene rings is 1. The van der Waals surface area contributed by atoms with Crippen LogP contribution in [0.5, 0.6) is 0 Å². The lowest BCUT2D eigenvalue weighted by atomic mass is 10.0. The van der Waals surface area contributed by atoms with Crippen molar-refractivity contribution in [2.45, 2.75) is 20.0 Å². The highest BCUT2D eigenvalue weighted by molar-refractivity contribution is 9.10. The van der Waals surface area contributed by atoms with E-state index in [4.69, 9.17) is 10.5 Å². The maximum atomic E-state index is 14.0. The molecule has 0 bridgehead atoms. The summed E-state index contributed by atoms with van der Waals surface area (Å²) in [6.45, 7) is 3.50. The first-order chi connectivity index (χ1) is 9.40. The van der Waals surface area contributed by atoms with Crippen LogP contribution in [0.25, 0.3) is 11.1 Å². The summed E-state index contributed by atoms with van der Waals surface area (Å²) in [6, 6.07) is 4.55. The van der Waals surface area contributed by atoms with Gasteiger partial charge in [0.25, 0.3) is 0 Å². The molecule has 0 aliphatic rings. The Labute approximate surface area is 128 Å². The number of anilines is 1. The van der Waals surface area contributed by atoms with Crippen molar-refractivity contribution in [3.8, 4) is 11.1 Å². The zero-order valence-corrected chi connectivity index (χ0v) is 13.3. The van der Waals surface area contributed by atoms with Gasteiger partial charge >= 0.3 is 5.97 Å². The molecule has 0 spiro atoms. The van der Waals surface area contributed by atoms with Crippen molar-refractivity contribution in [2.24, 2.45) is 0 Å². The molecule has 2 aromatic rings. The Morgan fingerprint density at radius 1 is 1.40 bits per heavy atom. The average molecular weight is 358 g/mol. The Morgan fingerprint density at radius 2 is 2.10 bits per heavy atom. The summed E-state index contributed by atoms with van der Waals surface area (Å²) in [5.74, 6) is -0.947. The van der Waals surface area contributed by atoms with Gasteiger partial charge < -0.3 is 10.5 Å².